The Balaban J connectivity index is 2.10. The quantitative estimate of drug-likeness (QED) is 0.535. The van der Waals surface area contributed by atoms with Gasteiger partial charge in [0.25, 0.3) is 0 Å². The molecule has 2 rings (SSSR count). The molecule has 0 aliphatic carbocycles. The summed E-state index contributed by atoms with van der Waals surface area (Å²) in [6, 6.07) is 8.25. The van der Waals surface area contributed by atoms with Crippen LogP contribution in [0.2, 0.25) is 0 Å². The molecule has 0 aliphatic rings. The van der Waals surface area contributed by atoms with Crippen LogP contribution >= 0.6 is 23.6 Å². The van der Waals surface area contributed by atoms with Crippen molar-refractivity contribution in [3.8, 4) is 0 Å². The molecule has 2 aromatic rings. The summed E-state index contributed by atoms with van der Waals surface area (Å²) in [5, 5.41) is 7.44. The van der Waals surface area contributed by atoms with Crippen LogP contribution in [0.5, 0.6) is 0 Å². The van der Waals surface area contributed by atoms with Gasteiger partial charge < -0.3 is 15.4 Å². The molecule has 1 aromatic carbocycles. The second-order valence-electron chi connectivity index (χ2n) is 5.99. The third-order valence-electron chi connectivity index (χ3n) is 4.35. The molecule has 0 spiro atoms. The Morgan fingerprint density at radius 1 is 1.24 bits per heavy atom. The lowest BCUT2D eigenvalue weighted by Crippen LogP contribution is -2.20. The highest BCUT2D eigenvalue weighted by molar-refractivity contribution is 7.80. The summed E-state index contributed by atoms with van der Waals surface area (Å²) < 4.78 is 4.88. The lowest BCUT2D eigenvalue weighted by atomic mass is 9.99. The molecule has 1 heterocycles. The fourth-order valence-electron chi connectivity index (χ4n) is 2.46. The minimum atomic E-state index is -0.356. The summed E-state index contributed by atoms with van der Waals surface area (Å²) in [6.07, 6.45) is 1.11. The van der Waals surface area contributed by atoms with Crippen LogP contribution in [0.4, 0.5) is 10.7 Å². The molecule has 0 saturated heterocycles. The number of benzene rings is 1. The van der Waals surface area contributed by atoms with E-state index in [4.69, 9.17) is 17.0 Å². The van der Waals surface area contributed by atoms with Gasteiger partial charge in [0.2, 0.25) is 0 Å². The molecule has 2 N–H and O–H groups in total. The summed E-state index contributed by atoms with van der Waals surface area (Å²) >= 11 is 6.89. The van der Waals surface area contributed by atoms with Crippen LogP contribution < -0.4 is 10.6 Å². The van der Waals surface area contributed by atoms with Gasteiger partial charge in [-0.2, -0.15) is 0 Å². The molecule has 0 radical (unpaired) electrons. The SMILES string of the molecule is CC[C@H](C)c1ccc(NC(=S)Nc2sc(C)c(C)c2C(=O)OC)cc1. The predicted molar refractivity (Wildman–Crippen MR) is 110 cm³/mol. The average Bonchev–Trinajstić information content (AvgIpc) is 2.87. The highest BCUT2D eigenvalue weighted by Gasteiger charge is 2.20. The molecule has 25 heavy (non-hydrogen) atoms. The second kappa shape index (κ2) is 8.45. The molecular weight excluding hydrogens is 352 g/mol. The maximum atomic E-state index is 12.0. The molecule has 4 nitrogen and oxygen atoms in total. The van der Waals surface area contributed by atoms with Crippen molar-refractivity contribution in [1.29, 1.82) is 0 Å². The van der Waals surface area contributed by atoms with E-state index in [9.17, 15) is 4.79 Å². The summed E-state index contributed by atoms with van der Waals surface area (Å²) in [5.74, 6) is 0.184. The van der Waals surface area contributed by atoms with Gasteiger partial charge in [0, 0.05) is 10.6 Å². The van der Waals surface area contributed by atoms with Crippen LogP contribution in [-0.2, 0) is 4.74 Å². The van der Waals surface area contributed by atoms with Gasteiger partial charge >= 0.3 is 5.97 Å². The van der Waals surface area contributed by atoms with Gasteiger partial charge in [-0.3, -0.25) is 0 Å². The highest BCUT2D eigenvalue weighted by atomic mass is 32.1. The second-order valence-corrected chi connectivity index (χ2v) is 7.62. The molecule has 1 aromatic heterocycles. The topological polar surface area (TPSA) is 50.4 Å². The van der Waals surface area contributed by atoms with Gasteiger partial charge in [0.1, 0.15) is 5.00 Å². The standard InChI is InChI=1S/C19H24N2O2S2/c1-6-11(2)14-7-9-15(10-8-14)20-19(24)21-17-16(18(22)23-5)12(3)13(4)25-17/h7-11H,6H2,1-5H3,(H2,20,21,24)/t11-/m0/s1. The van der Waals surface area contributed by atoms with Crippen LogP contribution in [0.1, 0.15) is 52.5 Å². The summed E-state index contributed by atoms with van der Waals surface area (Å²) in [6.45, 7) is 8.28. The van der Waals surface area contributed by atoms with Crippen LogP contribution in [0.25, 0.3) is 0 Å². The number of methoxy groups -OCH3 is 1. The van der Waals surface area contributed by atoms with Crippen LogP contribution in [0.15, 0.2) is 24.3 Å². The Morgan fingerprint density at radius 3 is 2.44 bits per heavy atom. The zero-order chi connectivity index (χ0) is 18.6. The largest absolute Gasteiger partial charge is 0.465 e. The number of ether oxygens (including phenoxy) is 1. The Morgan fingerprint density at radius 2 is 1.88 bits per heavy atom. The van der Waals surface area contributed by atoms with Crippen LogP contribution in [0, 0.1) is 13.8 Å². The van der Waals surface area contributed by atoms with Crippen LogP contribution in [-0.4, -0.2) is 18.2 Å². The number of thiocarbonyl (C=S) groups is 1. The van der Waals surface area contributed by atoms with E-state index in [-0.39, 0.29) is 5.97 Å². The molecule has 0 fully saturated rings. The molecule has 1 atom stereocenters. The Bertz CT molecular complexity index is 766. The number of carbonyl (C=O) groups excluding carboxylic acids is 1. The molecule has 0 amide bonds. The fourth-order valence-corrected chi connectivity index (χ4v) is 3.80. The number of nitrogens with one attached hydrogen (secondary N) is 2. The number of rotatable bonds is 5. The zero-order valence-electron chi connectivity index (χ0n) is 15.2. The van der Waals surface area contributed by atoms with E-state index in [1.54, 1.807) is 0 Å². The fraction of sp³-hybridized carbons (Fsp3) is 0.368. The first-order valence-corrected chi connectivity index (χ1v) is 9.46. The lowest BCUT2D eigenvalue weighted by molar-refractivity contribution is 0.0601. The lowest BCUT2D eigenvalue weighted by Gasteiger charge is -2.13. The molecule has 6 heteroatoms. The first-order valence-electron chi connectivity index (χ1n) is 8.23. The Labute approximate surface area is 158 Å². The number of hydrogen-bond donors (Lipinski definition) is 2. The van der Waals surface area contributed by atoms with Gasteiger partial charge in [-0.05, 0) is 61.7 Å². The Kier molecular flexibility index (Phi) is 6.56. The van der Waals surface area contributed by atoms with Gasteiger partial charge in [-0.25, -0.2) is 4.79 Å². The number of aryl methyl sites for hydroxylation is 1. The molecule has 0 aliphatic heterocycles. The predicted octanol–water partition coefficient (Wildman–Crippen LogP) is 5.47. The maximum Gasteiger partial charge on any atom is 0.341 e. The number of carbonyl (C=O) groups is 1. The van der Waals surface area contributed by atoms with E-state index in [0.29, 0.717) is 21.6 Å². The minimum absolute atomic E-state index is 0.356. The van der Waals surface area contributed by atoms with Crippen molar-refractivity contribution in [1.82, 2.24) is 0 Å². The van der Waals surface area contributed by atoms with Crippen molar-refractivity contribution in [3.05, 3.63) is 45.8 Å². The van der Waals surface area contributed by atoms with E-state index in [0.717, 1.165) is 22.5 Å². The molecule has 0 unspecified atom stereocenters. The van der Waals surface area contributed by atoms with Crippen molar-refractivity contribution in [2.24, 2.45) is 0 Å². The smallest absolute Gasteiger partial charge is 0.341 e. The maximum absolute atomic E-state index is 12.0. The summed E-state index contributed by atoms with van der Waals surface area (Å²) in [5.41, 5.74) is 3.68. The highest BCUT2D eigenvalue weighted by Crippen LogP contribution is 2.33. The Hall–Kier alpha value is -1.92. The number of anilines is 2. The van der Waals surface area contributed by atoms with Crippen molar-refractivity contribution >= 4 is 45.3 Å². The van der Waals surface area contributed by atoms with Crippen molar-refractivity contribution in [2.45, 2.75) is 40.0 Å². The van der Waals surface area contributed by atoms with E-state index in [1.165, 1.54) is 24.0 Å². The summed E-state index contributed by atoms with van der Waals surface area (Å²) in [4.78, 5) is 13.1. The molecule has 0 bridgehead atoms. The van der Waals surface area contributed by atoms with E-state index < -0.39 is 0 Å². The zero-order valence-corrected chi connectivity index (χ0v) is 16.9. The third-order valence-corrected chi connectivity index (χ3v) is 5.68. The van der Waals surface area contributed by atoms with Crippen molar-refractivity contribution < 1.29 is 9.53 Å². The van der Waals surface area contributed by atoms with Crippen LogP contribution in [0.3, 0.4) is 0 Å². The van der Waals surface area contributed by atoms with E-state index in [1.807, 2.05) is 26.0 Å². The molecule has 134 valence electrons. The van der Waals surface area contributed by atoms with Gasteiger partial charge in [-0.1, -0.05) is 26.0 Å². The van der Waals surface area contributed by atoms with Crippen molar-refractivity contribution in [2.75, 3.05) is 17.7 Å². The minimum Gasteiger partial charge on any atom is -0.465 e. The number of hydrogen-bond acceptors (Lipinski definition) is 4. The first kappa shape index (κ1) is 19.4. The van der Waals surface area contributed by atoms with Gasteiger partial charge in [-0.15, -0.1) is 11.3 Å². The normalized spacial score (nSPS) is 11.7. The van der Waals surface area contributed by atoms with Crippen molar-refractivity contribution in [3.63, 3.8) is 0 Å². The molecule has 0 saturated carbocycles. The number of thiophene rings is 1. The van der Waals surface area contributed by atoms with Gasteiger partial charge in [0.05, 0.1) is 12.7 Å². The average molecular weight is 377 g/mol. The summed E-state index contributed by atoms with van der Waals surface area (Å²) in [7, 11) is 1.38. The number of esters is 1. The van der Waals surface area contributed by atoms with Gasteiger partial charge in [0.15, 0.2) is 5.11 Å². The molecular formula is C19H24N2O2S2. The third kappa shape index (κ3) is 4.58. The van der Waals surface area contributed by atoms with E-state index in [2.05, 4.69) is 36.6 Å². The van der Waals surface area contributed by atoms with E-state index >= 15 is 0 Å². The monoisotopic (exact) mass is 376 g/mol. The first-order chi connectivity index (χ1) is 11.9.